The number of nitro benzene ring substituents is 1. The van der Waals surface area contributed by atoms with Gasteiger partial charge in [-0.3, -0.25) is 19.2 Å². The second-order valence-electron chi connectivity index (χ2n) is 10.9. The number of nitrogens with one attached hydrogen (secondary N) is 2. The number of nitro groups is 1. The molecule has 0 bridgehead atoms. The first-order chi connectivity index (χ1) is 23.2. The number of nitrogens with zero attached hydrogens (tertiary/aromatic N) is 9. The van der Waals surface area contributed by atoms with Gasteiger partial charge in [0.05, 0.1) is 23.2 Å². The highest BCUT2D eigenvalue weighted by molar-refractivity contribution is 5.63. The Bertz CT molecular complexity index is 2030. The molecule has 0 saturated carbocycles. The van der Waals surface area contributed by atoms with E-state index >= 15 is 0 Å². The van der Waals surface area contributed by atoms with Crippen LogP contribution < -0.4 is 16.4 Å². The number of nitrogen functional groups attached to an aromatic ring is 1. The fourth-order valence-electron chi connectivity index (χ4n) is 5.09. The van der Waals surface area contributed by atoms with Crippen molar-refractivity contribution in [2.45, 2.75) is 31.6 Å². The Balaban J connectivity index is 1.11. The summed E-state index contributed by atoms with van der Waals surface area (Å²) in [5.41, 5.74) is 7.91. The van der Waals surface area contributed by atoms with E-state index in [1.165, 1.54) is 12.1 Å². The standard InChI is InChI=1S/C32H32N12O4/c1-20(45)26(39-32-37-11-9-28(41-32)43-15-12-34-29(43)21-4-2-6-23(33)16-21)18-25(46)19-38-31-36-10-8-27(40-31)42-14-13-35-30(42)22-5-3-7-24(17-22)44(47)48/h2-17,20,25-26,45-46H,18-19,33H2,1H3,(H,36,38,40)(H,37,39,41)/t20?,25-,26?/m0/s1. The molecule has 48 heavy (non-hydrogen) atoms. The van der Waals surface area contributed by atoms with Crippen molar-refractivity contribution in [3.05, 3.63) is 108 Å². The average molecular weight is 649 g/mol. The molecule has 16 nitrogen and oxygen atoms in total. The van der Waals surface area contributed by atoms with Crippen LogP contribution in [0.1, 0.15) is 13.3 Å². The van der Waals surface area contributed by atoms with Crippen LogP contribution in [0.3, 0.4) is 0 Å². The van der Waals surface area contributed by atoms with Crippen molar-refractivity contribution in [2.75, 3.05) is 22.9 Å². The predicted molar refractivity (Wildman–Crippen MR) is 178 cm³/mol. The summed E-state index contributed by atoms with van der Waals surface area (Å²) in [5, 5.41) is 38.9. The maximum atomic E-state index is 11.3. The zero-order valence-electron chi connectivity index (χ0n) is 25.7. The lowest BCUT2D eigenvalue weighted by Gasteiger charge is -2.24. The van der Waals surface area contributed by atoms with Crippen LogP contribution in [-0.2, 0) is 0 Å². The molecule has 0 amide bonds. The first-order valence-corrected chi connectivity index (χ1v) is 15.0. The summed E-state index contributed by atoms with van der Waals surface area (Å²) in [6, 6.07) is 16.4. The summed E-state index contributed by atoms with van der Waals surface area (Å²) >= 11 is 0. The number of aromatic nitrogens is 8. The number of aliphatic hydroxyl groups excluding tert-OH is 2. The minimum Gasteiger partial charge on any atom is -0.399 e. The zero-order chi connectivity index (χ0) is 33.6. The van der Waals surface area contributed by atoms with Crippen molar-refractivity contribution in [3.63, 3.8) is 0 Å². The van der Waals surface area contributed by atoms with E-state index in [1.54, 1.807) is 79.0 Å². The van der Waals surface area contributed by atoms with Gasteiger partial charge >= 0.3 is 0 Å². The molecule has 244 valence electrons. The molecule has 6 N–H and O–H groups in total. The number of benzene rings is 2. The second-order valence-corrected chi connectivity index (χ2v) is 10.9. The zero-order valence-corrected chi connectivity index (χ0v) is 25.7. The Labute approximate surface area is 274 Å². The summed E-state index contributed by atoms with van der Waals surface area (Å²) in [7, 11) is 0. The molecule has 0 aliphatic carbocycles. The van der Waals surface area contributed by atoms with Gasteiger partial charge in [0, 0.05) is 72.7 Å². The lowest BCUT2D eigenvalue weighted by atomic mass is 10.0. The summed E-state index contributed by atoms with van der Waals surface area (Å²) in [6.07, 6.45) is 8.25. The maximum Gasteiger partial charge on any atom is 0.270 e. The minimum atomic E-state index is -0.912. The Hall–Kier alpha value is -6.26. The fraction of sp³-hybridized carbons (Fsp3) is 0.188. The Morgan fingerprint density at radius 1 is 0.833 bits per heavy atom. The number of rotatable bonds is 13. The van der Waals surface area contributed by atoms with E-state index in [0.717, 1.165) is 5.56 Å². The van der Waals surface area contributed by atoms with Gasteiger partial charge < -0.3 is 26.6 Å². The maximum absolute atomic E-state index is 11.3. The highest BCUT2D eigenvalue weighted by Gasteiger charge is 2.21. The molecular weight excluding hydrogens is 616 g/mol. The number of imidazole rings is 2. The number of anilines is 3. The largest absolute Gasteiger partial charge is 0.399 e. The van der Waals surface area contributed by atoms with Gasteiger partial charge in [0.2, 0.25) is 11.9 Å². The normalized spacial score (nSPS) is 13.1. The Kier molecular flexibility index (Phi) is 9.26. The van der Waals surface area contributed by atoms with E-state index in [0.29, 0.717) is 34.5 Å². The van der Waals surface area contributed by atoms with Crippen molar-refractivity contribution in [1.82, 2.24) is 39.0 Å². The van der Waals surface area contributed by atoms with Crippen molar-refractivity contribution < 1.29 is 15.1 Å². The Morgan fingerprint density at radius 2 is 1.44 bits per heavy atom. The molecule has 0 fully saturated rings. The summed E-state index contributed by atoms with van der Waals surface area (Å²) in [4.78, 5) is 37.4. The van der Waals surface area contributed by atoms with Crippen molar-refractivity contribution in [1.29, 1.82) is 0 Å². The SMILES string of the molecule is CC(O)C(C[C@H](O)CNc1nccc(-n2ccnc2-c2cccc([N+](=O)[O-])c2)n1)Nc1nccc(-n2ccnc2-c2cccc(N)c2)n1. The van der Waals surface area contributed by atoms with Gasteiger partial charge in [0.1, 0.15) is 23.3 Å². The van der Waals surface area contributed by atoms with Gasteiger partial charge in [-0.05, 0) is 37.6 Å². The van der Waals surface area contributed by atoms with Gasteiger partial charge in [-0.15, -0.1) is 0 Å². The van der Waals surface area contributed by atoms with Crippen LogP contribution >= 0.6 is 0 Å². The van der Waals surface area contributed by atoms with Crippen molar-refractivity contribution >= 4 is 23.3 Å². The van der Waals surface area contributed by atoms with E-state index in [4.69, 9.17) is 5.73 Å². The molecular formula is C32H32N12O4. The van der Waals surface area contributed by atoms with E-state index in [2.05, 4.69) is 40.5 Å². The van der Waals surface area contributed by atoms with E-state index < -0.39 is 23.2 Å². The first kappa shape index (κ1) is 31.7. The lowest BCUT2D eigenvalue weighted by Crippen LogP contribution is -2.37. The van der Waals surface area contributed by atoms with Crippen LogP contribution in [0.25, 0.3) is 34.4 Å². The fourth-order valence-corrected chi connectivity index (χ4v) is 5.09. The monoisotopic (exact) mass is 648 g/mol. The molecule has 0 aliphatic heterocycles. The summed E-state index contributed by atoms with van der Waals surface area (Å²) in [5.74, 6) is 2.66. The van der Waals surface area contributed by atoms with Gasteiger partial charge in [-0.25, -0.2) is 19.9 Å². The number of nitrogens with two attached hydrogens (primary N) is 1. The van der Waals surface area contributed by atoms with Gasteiger partial charge in [0.25, 0.3) is 5.69 Å². The predicted octanol–water partition coefficient (Wildman–Crippen LogP) is 3.49. The van der Waals surface area contributed by atoms with Gasteiger partial charge in [-0.1, -0.05) is 24.3 Å². The highest BCUT2D eigenvalue weighted by atomic mass is 16.6. The third-order valence-corrected chi connectivity index (χ3v) is 7.44. The quantitative estimate of drug-likeness (QED) is 0.0688. The molecule has 6 aromatic rings. The van der Waals surface area contributed by atoms with Crippen molar-refractivity contribution in [2.24, 2.45) is 0 Å². The van der Waals surface area contributed by atoms with Gasteiger partial charge in [0.15, 0.2) is 0 Å². The lowest BCUT2D eigenvalue weighted by molar-refractivity contribution is -0.384. The van der Waals surface area contributed by atoms with Crippen LogP contribution in [0.5, 0.6) is 0 Å². The van der Waals surface area contributed by atoms with E-state index in [9.17, 15) is 20.3 Å². The molecule has 0 spiro atoms. The Morgan fingerprint density at radius 3 is 2.06 bits per heavy atom. The first-order valence-electron chi connectivity index (χ1n) is 15.0. The number of non-ortho nitro benzene ring substituents is 1. The topological polar surface area (TPSA) is 221 Å². The van der Waals surface area contributed by atoms with E-state index in [1.807, 2.05) is 22.8 Å². The summed E-state index contributed by atoms with van der Waals surface area (Å²) in [6.45, 7) is 1.70. The van der Waals surface area contributed by atoms with E-state index in [-0.39, 0.29) is 30.5 Å². The molecule has 4 aromatic heterocycles. The average Bonchev–Trinajstić information content (AvgIpc) is 3.79. The molecule has 16 heteroatoms. The third-order valence-electron chi connectivity index (χ3n) is 7.44. The molecule has 0 radical (unpaired) electrons. The second kappa shape index (κ2) is 14.0. The molecule has 0 saturated heterocycles. The van der Waals surface area contributed by atoms with Gasteiger partial charge in [-0.2, -0.15) is 9.97 Å². The van der Waals surface area contributed by atoms with Crippen LogP contribution in [0.2, 0.25) is 0 Å². The molecule has 2 unspecified atom stereocenters. The smallest absolute Gasteiger partial charge is 0.270 e. The number of aliphatic hydroxyl groups is 2. The van der Waals surface area contributed by atoms with Crippen LogP contribution in [-0.4, -0.2) is 79.0 Å². The van der Waals surface area contributed by atoms with Crippen LogP contribution in [0.4, 0.5) is 23.3 Å². The number of hydrogen-bond acceptors (Lipinski definition) is 13. The molecule has 2 aromatic carbocycles. The molecule has 4 heterocycles. The van der Waals surface area contributed by atoms with Crippen LogP contribution in [0, 0.1) is 10.1 Å². The van der Waals surface area contributed by atoms with Crippen LogP contribution in [0.15, 0.2) is 97.8 Å². The minimum absolute atomic E-state index is 0.0493. The number of hydrogen-bond donors (Lipinski definition) is 5. The van der Waals surface area contributed by atoms with Crippen molar-refractivity contribution in [3.8, 4) is 34.4 Å². The highest BCUT2D eigenvalue weighted by Crippen LogP contribution is 2.25. The summed E-state index contributed by atoms with van der Waals surface area (Å²) < 4.78 is 3.49. The third kappa shape index (κ3) is 7.24. The molecule has 0 aliphatic rings. The molecule has 6 rings (SSSR count). The molecule has 3 atom stereocenters.